The molecule has 2 aromatic carbocycles. The van der Waals surface area contributed by atoms with E-state index in [2.05, 4.69) is 49.4 Å². The van der Waals surface area contributed by atoms with Gasteiger partial charge in [0, 0.05) is 0 Å². The molecule has 98 valence electrons. The van der Waals surface area contributed by atoms with Crippen molar-refractivity contribution in [2.45, 2.75) is 32.1 Å². The maximum Gasteiger partial charge on any atom is 0.119 e. The lowest BCUT2D eigenvalue weighted by Gasteiger charge is -2.22. The van der Waals surface area contributed by atoms with Crippen LogP contribution in [0.5, 0.6) is 5.75 Å². The summed E-state index contributed by atoms with van der Waals surface area (Å²) in [7, 11) is 1.74. The van der Waals surface area contributed by atoms with E-state index in [1.807, 2.05) is 0 Å². The van der Waals surface area contributed by atoms with Gasteiger partial charge in [-0.05, 0) is 59.6 Å². The number of hydrogen-bond donors (Lipinski definition) is 0. The van der Waals surface area contributed by atoms with Gasteiger partial charge in [0.25, 0.3) is 0 Å². The Labute approximate surface area is 115 Å². The molecule has 0 amide bonds. The molecule has 3 rings (SSSR count). The summed E-state index contributed by atoms with van der Waals surface area (Å²) in [5, 5.41) is 0. The zero-order valence-corrected chi connectivity index (χ0v) is 11.6. The number of rotatable bonds is 1. The molecule has 1 nitrogen and oxygen atoms in total. The van der Waals surface area contributed by atoms with Crippen LogP contribution in [-0.2, 0) is 19.3 Å². The van der Waals surface area contributed by atoms with Gasteiger partial charge in [0.1, 0.15) is 5.75 Å². The van der Waals surface area contributed by atoms with E-state index in [0.29, 0.717) is 5.92 Å². The second-order valence-corrected chi connectivity index (χ2v) is 5.44. The molecular weight excluding hydrogens is 232 g/mol. The van der Waals surface area contributed by atoms with Gasteiger partial charge in [-0.15, -0.1) is 0 Å². The van der Waals surface area contributed by atoms with Gasteiger partial charge in [-0.2, -0.15) is 0 Å². The fraction of sp³-hybridized carbons (Fsp3) is 0.333. The molecule has 1 aliphatic carbocycles. The molecule has 0 saturated heterocycles. The van der Waals surface area contributed by atoms with Crippen LogP contribution in [-0.4, -0.2) is 7.11 Å². The zero-order valence-electron chi connectivity index (χ0n) is 11.6. The number of ether oxygens (including phenoxy) is 1. The van der Waals surface area contributed by atoms with Crippen molar-refractivity contribution in [2.24, 2.45) is 0 Å². The summed E-state index contributed by atoms with van der Waals surface area (Å²) in [5.41, 5.74) is 5.94. The molecule has 0 fully saturated rings. The minimum atomic E-state index is 0.587. The van der Waals surface area contributed by atoms with Crippen molar-refractivity contribution < 1.29 is 4.74 Å². The molecule has 0 bridgehead atoms. The topological polar surface area (TPSA) is 9.23 Å². The molecule has 2 aromatic rings. The molecule has 1 atom stereocenters. The van der Waals surface area contributed by atoms with Crippen molar-refractivity contribution in [3.05, 3.63) is 64.7 Å². The average molecular weight is 252 g/mol. The van der Waals surface area contributed by atoms with Crippen LogP contribution in [0.4, 0.5) is 0 Å². The Morgan fingerprint density at radius 1 is 0.947 bits per heavy atom. The summed E-state index contributed by atoms with van der Waals surface area (Å²) in [6.07, 6.45) is 3.35. The highest BCUT2D eigenvalue weighted by Crippen LogP contribution is 2.31. The van der Waals surface area contributed by atoms with Crippen molar-refractivity contribution >= 4 is 0 Å². The number of fused-ring (bicyclic) bond motifs is 2. The number of hydrogen-bond acceptors (Lipinski definition) is 1. The first-order valence-corrected chi connectivity index (χ1v) is 7.01. The fourth-order valence-electron chi connectivity index (χ4n) is 3.11. The lowest BCUT2D eigenvalue weighted by Crippen LogP contribution is -2.10. The smallest absolute Gasteiger partial charge is 0.119 e. The van der Waals surface area contributed by atoms with Crippen molar-refractivity contribution in [1.82, 2.24) is 0 Å². The Balaban J connectivity index is 2.00. The van der Waals surface area contributed by atoms with Crippen LogP contribution in [0, 0.1) is 0 Å². The second kappa shape index (κ2) is 5.08. The highest BCUT2D eigenvalue weighted by Gasteiger charge is 2.17. The van der Waals surface area contributed by atoms with Crippen LogP contribution >= 0.6 is 0 Å². The highest BCUT2D eigenvalue weighted by molar-refractivity contribution is 5.41. The predicted molar refractivity (Wildman–Crippen MR) is 79.0 cm³/mol. The third kappa shape index (κ3) is 2.37. The molecule has 1 aliphatic rings. The average Bonchev–Trinajstić information content (AvgIpc) is 2.44. The van der Waals surface area contributed by atoms with Crippen molar-refractivity contribution in [3.63, 3.8) is 0 Å². The van der Waals surface area contributed by atoms with E-state index >= 15 is 0 Å². The van der Waals surface area contributed by atoms with Crippen LogP contribution in [0.25, 0.3) is 0 Å². The van der Waals surface area contributed by atoms with Gasteiger partial charge in [-0.25, -0.2) is 0 Å². The maximum absolute atomic E-state index is 5.35. The van der Waals surface area contributed by atoms with Crippen molar-refractivity contribution in [3.8, 4) is 5.75 Å². The molecule has 0 N–H and O–H groups in total. The van der Waals surface area contributed by atoms with Crippen LogP contribution in [0.1, 0.15) is 35.1 Å². The summed E-state index contributed by atoms with van der Waals surface area (Å²) in [5.74, 6) is 1.56. The van der Waals surface area contributed by atoms with Crippen LogP contribution in [0.3, 0.4) is 0 Å². The molecule has 19 heavy (non-hydrogen) atoms. The highest BCUT2D eigenvalue weighted by atomic mass is 16.5. The summed E-state index contributed by atoms with van der Waals surface area (Å²) in [6, 6.07) is 15.4. The Bertz CT molecular complexity index is 586. The number of aryl methyl sites for hydroxylation is 2. The van der Waals surface area contributed by atoms with E-state index < -0.39 is 0 Å². The third-order valence-corrected chi connectivity index (χ3v) is 4.19. The Morgan fingerprint density at radius 2 is 1.74 bits per heavy atom. The first-order valence-electron chi connectivity index (χ1n) is 7.01. The quantitative estimate of drug-likeness (QED) is 0.741. The van der Waals surface area contributed by atoms with Gasteiger partial charge < -0.3 is 4.74 Å². The monoisotopic (exact) mass is 252 g/mol. The fourth-order valence-corrected chi connectivity index (χ4v) is 3.11. The maximum atomic E-state index is 5.35. The van der Waals surface area contributed by atoms with Gasteiger partial charge >= 0.3 is 0 Å². The van der Waals surface area contributed by atoms with Crippen LogP contribution in [0.15, 0.2) is 42.5 Å². The molecule has 0 heterocycles. The van der Waals surface area contributed by atoms with Gasteiger partial charge in [0.05, 0.1) is 7.11 Å². The Kier molecular flexibility index (Phi) is 3.29. The lowest BCUT2D eigenvalue weighted by atomic mass is 9.83. The van der Waals surface area contributed by atoms with E-state index in [1.54, 1.807) is 7.11 Å². The van der Waals surface area contributed by atoms with Gasteiger partial charge in [0.2, 0.25) is 0 Å². The van der Waals surface area contributed by atoms with Gasteiger partial charge in [-0.3, -0.25) is 0 Å². The van der Waals surface area contributed by atoms with E-state index in [1.165, 1.54) is 22.3 Å². The molecule has 0 aliphatic heterocycles. The molecular formula is C18H20O. The van der Waals surface area contributed by atoms with Crippen LogP contribution < -0.4 is 4.74 Å². The van der Waals surface area contributed by atoms with E-state index in [9.17, 15) is 0 Å². The lowest BCUT2D eigenvalue weighted by molar-refractivity contribution is 0.414. The normalized spacial score (nSPS) is 17.9. The Morgan fingerprint density at radius 3 is 2.58 bits per heavy atom. The summed E-state index contributed by atoms with van der Waals surface area (Å²) < 4.78 is 5.35. The van der Waals surface area contributed by atoms with Crippen molar-refractivity contribution in [1.29, 1.82) is 0 Å². The SMILES string of the molecule is COc1ccc2c(c1)CCc1ccccc1C(C)C2. The predicted octanol–water partition coefficient (Wildman–Crippen LogP) is 4.14. The first kappa shape index (κ1) is 12.3. The minimum absolute atomic E-state index is 0.587. The third-order valence-electron chi connectivity index (χ3n) is 4.19. The summed E-state index contributed by atoms with van der Waals surface area (Å²) in [4.78, 5) is 0. The second-order valence-electron chi connectivity index (χ2n) is 5.44. The molecule has 0 saturated carbocycles. The zero-order chi connectivity index (χ0) is 13.2. The molecule has 0 aromatic heterocycles. The molecule has 0 radical (unpaired) electrons. The standard InChI is InChI=1S/C18H20O/c1-13-11-15-9-10-17(19-2)12-16(15)8-7-14-5-3-4-6-18(13)14/h3-6,9-10,12-13H,7-8,11H2,1-2H3. The van der Waals surface area contributed by atoms with Gasteiger partial charge in [0.15, 0.2) is 0 Å². The summed E-state index contributed by atoms with van der Waals surface area (Å²) >= 11 is 0. The molecule has 1 unspecified atom stereocenters. The number of benzene rings is 2. The van der Waals surface area contributed by atoms with E-state index in [4.69, 9.17) is 4.74 Å². The van der Waals surface area contributed by atoms with Crippen LogP contribution in [0.2, 0.25) is 0 Å². The summed E-state index contributed by atoms with van der Waals surface area (Å²) in [6.45, 7) is 2.33. The molecule has 1 heteroatoms. The van der Waals surface area contributed by atoms with Gasteiger partial charge in [-0.1, -0.05) is 37.3 Å². The number of methoxy groups -OCH3 is 1. The van der Waals surface area contributed by atoms with E-state index in [0.717, 1.165) is 25.0 Å². The molecule has 0 spiro atoms. The Hall–Kier alpha value is -1.76. The van der Waals surface area contributed by atoms with E-state index in [-0.39, 0.29) is 0 Å². The minimum Gasteiger partial charge on any atom is -0.497 e. The first-order chi connectivity index (χ1) is 9.28. The largest absolute Gasteiger partial charge is 0.497 e. The van der Waals surface area contributed by atoms with Crippen molar-refractivity contribution in [2.75, 3.05) is 7.11 Å².